The van der Waals surface area contributed by atoms with Gasteiger partial charge in [-0.15, -0.1) is 0 Å². The molecule has 3 rings (SSSR count). The summed E-state index contributed by atoms with van der Waals surface area (Å²) in [6.45, 7) is 1.00. The lowest BCUT2D eigenvalue weighted by atomic mass is 10.0. The van der Waals surface area contributed by atoms with Crippen molar-refractivity contribution in [1.29, 1.82) is 0 Å². The van der Waals surface area contributed by atoms with Crippen molar-refractivity contribution in [1.82, 2.24) is 0 Å². The molecule has 0 spiro atoms. The number of anilines is 1. The second-order valence-corrected chi connectivity index (χ2v) is 6.65. The number of alkyl halides is 2. The molecular weight excluding hydrogens is 463 g/mol. The van der Waals surface area contributed by atoms with Gasteiger partial charge in [0.2, 0.25) is 5.82 Å². The molecule has 0 fully saturated rings. The Hall–Kier alpha value is -3.02. The average Bonchev–Trinajstić information content (AvgIpc) is 2.71. The zero-order valence-corrected chi connectivity index (χ0v) is 16.1. The van der Waals surface area contributed by atoms with Gasteiger partial charge in [-0.1, -0.05) is 11.6 Å². The first-order valence-electron chi connectivity index (χ1n) is 8.17. The van der Waals surface area contributed by atoms with E-state index in [1.54, 1.807) is 0 Å². The summed E-state index contributed by atoms with van der Waals surface area (Å²) >= 11 is 5.84. The molecule has 1 aliphatic rings. The minimum Gasteiger partial charge on any atom is -0.467 e. The second-order valence-electron chi connectivity index (χ2n) is 6.24. The van der Waals surface area contributed by atoms with Crippen LogP contribution in [0.25, 0.3) is 11.1 Å². The fourth-order valence-electron chi connectivity index (χ4n) is 2.94. The molecule has 1 aliphatic heterocycles. The van der Waals surface area contributed by atoms with Crippen LogP contribution in [0.15, 0.2) is 12.1 Å². The van der Waals surface area contributed by atoms with Crippen LogP contribution in [0.1, 0.15) is 6.92 Å². The van der Waals surface area contributed by atoms with E-state index in [0.29, 0.717) is 12.1 Å². The Kier molecular flexibility index (Phi) is 5.55. The van der Waals surface area contributed by atoms with Crippen LogP contribution in [0, 0.1) is 29.1 Å². The Bertz CT molecular complexity index is 1100. The molecular formula is C18H9ClF7NO4. The minimum atomic E-state index is -4.45. The van der Waals surface area contributed by atoms with Crippen LogP contribution < -0.4 is 9.64 Å². The molecule has 166 valence electrons. The number of rotatable bonds is 3. The third-order valence-electron chi connectivity index (χ3n) is 4.42. The summed E-state index contributed by atoms with van der Waals surface area (Å²) < 4.78 is 106. The van der Waals surface area contributed by atoms with Gasteiger partial charge in [-0.25, -0.2) is 26.7 Å². The molecule has 0 N–H and O–H groups in total. The zero-order chi connectivity index (χ0) is 23.4. The number of amides is 1. The quantitative estimate of drug-likeness (QED) is 0.285. The summed E-state index contributed by atoms with van der Waals surface area (Å²) in [5, 5.41) is -0.738. The topological polar surface area (TPSA) is 55.8 Å². The Morgan fingerprint density at radius 3 is 2.10 bits per heavy atom. The Morgan fingerprint density at radius 1 is 1.06 bits per heavy atom. The summed E-state index contributed by atoms with van der Waals surface area (Å²) in [6, 6.07) is -0.513. The molecule has 13 heteroatoms. The van der Waals surface area contributed by atoms with Gasteiger partial charge in [0.15, 0.2) is 29.0 Å². The number of esters is 1. The molecule has 0 bridgehead atoms. The van der Waals surface area contributed by atoms with E-state index in [0.717, 1.165) is 14.0 Å². The molecule has 0 radical (unpaired) electrons. The molecule has 2 aromatic rings. The van der Waals surface area contributed by atoms with Crippen molar-refractivity contribution in [2.45, 2.75) is 19.1 Å². The minimum absolute atomic E-state index is 0.205. The molecule has 0 aromatic heterocycles. The normalized spacial score (nSPS) is 15.9. The highest BCUT2D eigenvalue weighted by molar-refractivity contribution is 6.33. The van der Waals surface area contributed by atoms with Crippen LogP contribution in [-0.2, 0) is 14.3 Å². The average molecular weight is 472 g/mol. The number of methoxy groups -OCH3 is 1. The number of nitrogens with zero attached hydrogens (tertiary/aromatic N) is 1. The van der Waals surface area contributed by atoms with Crippen LogP contribution >= 0.6 is 11.6 Å². The zero-order valence-electron chi connectivity index (χ0n) is 15.3. The molecule has 0 saturated carbocycles. The van der Waals surface area contributed by atoms with E-state index >= 15 is 0 Å². The maximum Gasteiger partial charge on any atom is 0.483 e. The summed E-state index contributed by atoms with van der Waals surface area (Å²) in [7, 11) is 0.908. The van der Waals surface area contributed by atoms with Crippen molar-refractivity contribution < 1.29 is 49.8 Å². The number of benzene rings is 2. The van der Waals surface area contributed by atoms with Crippen LogP contribution in [0.2, 0.25) is 5.02 Å². The fourth-order valence-corrected chi connectivity index (χ4v) is 3.19. The highest BCUT2D eigenvalue weighted by Crippen LogP contribution is 2.46. The predicted octanol–water partition coefficient (Wildman–Crippen LogP) is 4.58. The van der Waals surface area contributed by atoms with Crippen molar-refractivity contribution in [3.8, 4) is 16.9 Å². The maximum absolute atomic E-state index is 14.3. The molecule has 0 unspecified atom stereocenters. The molecule has 5 nitrogen and oxygen atoms in total. The number of hydrogen-bond acceptors (Lipinski definition) is 4. The van der Waals surface area contributed by atoms with Crippen molar-refractivity contribution in [3.05, 3.63) is 46.2 Å². The number of hydrogen-bond donors (Lipinski definition) is 0. The number of ether oxygens (including phenoxy) is 2. The van der Waals surface area contributed by atoms with Gasteiger partial charge in [0.05, 0.1) is 23.4 Å². The highest BCUT2D eigenvalue weighted by Gasteiger charge is 2.53. The first-order valence-corrected chi connectivity index (χ1v) is 8.54. The van der Waals surface area contributed by atoms with Crippen molar-refractivity contribution in [3.63, 3.8) is 0 Å². The van der Waals surface area contributed by atoms with Gasteiger partial charge >= 0.3 is 18.0 Å². The highest BCUT2D eigenvalue weighted by atomic mass is 35.5. The molecule has 31 heavy (non-hydrogen) atoms. The van der Waals surface area contributed by atoms with Crippen molar-refractivity contribution in [2.75, 3.05) is 12.0 Å². The first-order chi connectivity index (χ1) is 14.3. The second kappa shape index (κ2) is 7.59. The Morgan fingerprint density at radius 2 is 1.58 bits per heavy atom. The molecule has 1 heterocycles. The number of carbonyl (C=O) groups excluding carboxylic acids is 2. The third-order valence-corrected chi connectivity index (χ3v) is 4.74. The molecule has 1 atom stereocenters. The lowest BCUT2D eigenvalue weighted by molar-refractivity contribution is -0.193. The van der Waals surface area contributed by atoms with Crippen molar-refractivity contribution in [2.24, 2.45) is 0 Å². The van der Waals surface area contributed by atoms with E-state index in [2.05, 4.69) is 9.47 Å². The van der Waals surface area contributed by atoms with Gasteiger partial charge in [0.25, 0.3) is 0 Å². The number of halogens is 8. The molecule has 2 aromatic carbocycles. The van der Waals surface area contributed by atoms with E-state index in [-0.39, 0.29) is 4.90 Å². The van der Waals surface area contributed by atoms with Gasteiger partial charge in [-0.3, -0.25) is 9.69 Å². The molecule has 1 amide bonds. The van der Waals surface area contributed by atoms with Crippen molar-refractivity contribution >= 4 is 29.2 Å². The predicted molar refractivity (Wildman–Crippen MR) is 91.2 cm³/mol. The third kappa shape index (κ3) is 3.44. The molecule has 0 aliphatic carbocycles. The lowest BCUT2D eigenvalue weighted by Gasteiger charge is -2.36. The smallest absolute Gasteiger partial charge is 0.467 e. The largest absolute Gasteiger partial charge is 0.483 e. The SMILES string of the molecule is COC(=O)[C@@H](C)N1C(=O)C(F)(F)Oc2cc(Cl)c(-c3c(F)c(F)c(F)c(F)c3F)cc21. The number of carbonyl (C=O) groups is 2. The standard InChI is InChI=1S/C18H9ClF7NO4/c1-5(16(28)30-2)27-8-3-6(7(19)4-9(8)31-18(25,26)17(27)29)10-11(20)13(22)15(24)14(23)12(10)21/h3-5H,1-2H3/t5-/m1/s1. The Balaban J connectivity index is 2.33. The summed E-state index contributed by atoms with van der Waals surface area (Å²) in [4.78, 5) is 24.2. The van der Waals surface area contributed by atoms with Gasteiger partial charge in [0, 0.05) is 11.6 Å². The van der Waals surface area contributed by atoms with Gasteiger partial charge in [-0.05, 0) is 13.0 Å². The van der Waals surface area contributed by atoms with E-state index in [1.807, 2.05) is 0 Å². The monoisotopic (exact) mass is 471 g/mol. The van der Waals surface area contributed by atoms with Gasteiger partial charge in [0.1, 0.15) is 6.04 Å². The maximum atomic E-state index is 14.3. The van der Waals surface area contributed by atoms with Crippen LogP contribution in [-0.4, -0.2) is 31.1 Å². The summed E-state index contributed by atoms with van der Waals surface area (Å²) in [5.74, 6) is -15.5. The van der Waals surface area contributed by atoms with Crippen LogP contribution in [0.5, 0.6) is 5.75 Å². The van der Waals surface area contributed by atoms with Crippen LogP contribution in [0.4, 0.5) is 36.4 Å². The van der Waals surface area contributed by atoms with E-state index in [4.69, 9.17) is 11.6 Å². The van der Waals surface area contributed by atoms with E-state index in [1.165, 1.54) is 0 Å². The van der Waals surface area contributed by atoms with Gasteiger partial charge in [-0.2, -0.15) is 8.78 Å². The first kappa shape index (κ1) is 22.7. The van der Waals surface area contributed by atoms with E-state index in [9.17, 15) is 40.3 Å². The summed E-state index contributed by atoms with van der Waals surface area (Å²) in [5.41, 5.74) is -2.95. The molecule has 0 saturated heterocycles. The van der Waals surface area contributed by atoms with Crippen LogP contribution in [0.3, 0.4) is 0 Å². The van der Waals surface area contributed by atoms with Gasteiger partial charge < -0.3 is 9.47 Å². The summed E-state index contributed by atoms with van der Waals surface area (Å²) in [6.07, 6.45) is -4.45. The fraction of sp³-hybridized carbons (Fsp3) is 0.222. The van der Waals surface area contributed by atoms with E-state index < -0.39 is 80.7 Å². The number of fused-ring (bicyclic) bond motifs is 1. The lowest BCUT2D eigenvalue weighted by Crippen LogP contribution is -2.56. The Labute approximate surface area is 173 Å².